The van der Waals surface area contributed by atoms with E-state index in [1.165, 1.54) is 94.2 Å². The first kappa shape index (κ1) is 34.1. The van der Waals surface area contributed by atoms with Gasteiger partial charge in [-0.15, -0.1) is 0 Å². The minimum Gasteiger partial charge on any atom is -0.870 e. The monoisotopic (exact) mass is 614 g/mol. The quantitative estimate of drug-likeness (QED) is 0.104. The summed E-state index contributed by atoms with van der Waals surface area (Å²) in [4.78, 5) is -0.0720. The molecule has 4 nitrogen and oxygen atoms in total. The molecule has 0 amide bonds. The molecule has 34 heavy (non-hydrogen) atoms. The molecule has 0 spiro atoms. The van der Waals surface area contributed by atoms with Crippen molar-refractivity contribution in [1.29, 1.82) is 0 Å². The fourth-order valence-corrected chi connectivity index (χ4v) is 5.39. The van der Waals surface area contributed by atoms with Gasteiger partial charge in [-0.2, -0.15) is 0 Å². The van der Waals surface area contributed by atoms with E-state index >= 15 is 0 Å². The molecule has 6 heteroatoms. The Labute approximate surface area is 248 Å². The van der Waals surface area contributed by atoms with E-state index in [2.05, 4.69) is 19.9 Å². The van der Waals surface area contributed by atoms with Crippen LogP contribution in [0.2, 0.25) is 0 Å². The first-order valence-electron chi connectivity index (χ1n) is 13.0. The van der Waals surface area contributed by atoms with Gasteiger partial charge in [0.2, 0.25) is 0 Å². The van der Waals surface area contributed by atoms with Crippen LogP contribution in [0.15, 0.2) is 35.2 Å². The van der Waals surface area contributed by atoms with Crippen LogP contribution in [-0.2, 0) is 23.0 Å². The zero-order chi connectivity index (χ0) is 23.2. The van der Waals surface area contributed by atoms with Crippen molar-refractivity contribution in [2.24, 2.45) is 0 Å². The Balaban J connectivity index is 0.00000544. The van der Waals surface area contributed by atoms with Crippen LogP contribution >= 0.6 is 0 Å². The molecular formula is C28H44BaO4S. The van der Waals surface area contributed by atoms with E-state index in [-0.39, 0.29) is 59.3 Å². The Morgan fingerprint density at radius 1 is 0.647 bits per heavy atom. The zero-order valence-electron chi connectivity index (χ0n) is 21.5. The van der Waals surface area contributed by atoms with Crippen molar-refractivity contribution in [3.05, 3.63) is 41.5 Å². The number of fused-ring (bicyclic) bond motifs is 1. The van der Waals surface area contributed by atoms with Gasteiger partial charge in [0.15, 0.2) is 0 Å². The second-order valence-electron chi connectivity index (χ2n) is 9.26. The summed E-state index contributed by atoms with van der Waals surface area (Å²) in [6.45, 7) is 4.47. The second kappa shape index (κ2) is 19.3. The first-order chi connectivity index (χ1) is 15.5. The Hall–Kier alpha value is 0.141. The van der Waals surface area contributed by atoms with Crippen molar-refractivity contribution in [3.8, 4) is 0 Å². The Morgan fingerprint density at radius 2 is 1.09 bits per heavy atom. The fraction of sp³-hybridized carbons (Fsp3) is 0.643. The third-order valence-electron chi connectivity index (χ3n) is 6.54. The molecule has 0 radical (unpaired) electrons. The number of benzene rings is 2. The average Bonchev–Trinajstić information content (AvgIpc) is 2.77. The number of aryl methyl sites for hydroxylation is 2. The fourth-order valence-electron chi connectivity index (χ4n) is 4.71. The van der Waals surface area contributed by atoms with Crippen molar-refractivity contribution < 1.29 is 18.4 Å². The van der Waals surface area contributed by atoms with Crippen LogP contribution in [0, 0.1) is 0 Å². The van der Waals surface area contributed by atoms with Crippen LogP contribution in [-0.4, -0.2) is 67.3 Å². The third kappa shape index (κ3) is 11.9. The molecule has 0 fully saturated rings. The van der Waals surface area contributed by atoms with Gasteiger partial charge in [0, 0.05) is 0 Å². The SMILES string of the molecule is CCCCCCCCCc1cccc2c(S(=O)(=O)[O-])ccc(CCCCCCCCC)c12.[Ba+2].[OH-]. The van der Waals surface area contributed by atoms with Crippen molar-refractivity contribution in [1.82, 2.24) is 0 Å². The molecule has 0 saturated carbocycles. The minimum atomic E-state index is -4.49. The van der Waals surface area contributed by atoms with Gasteiger partial charge in [-0.25, -0.2) is 8.42 Å². The predicted molar refractivity (Wildman–Crippen MR) is 143 cm³/mol. The second-order valence-corrected chi connectivity index (χ2v) is 10.6. The molecule has 0 atom stereocenters. The summed E-state index contributed by atoms with van der Waals surface area (Å²) in [5.74, 6) is 0. The molecule has 0 aliphatic heterocycles. The first-order valence-corrected chi connectivity index (χ1v) is 14.4. The molecule has 1 N–H and O–H groups in total. The number of unbranched alkanes of at least 4 members (excludes halogenated alkanes) is 12. The van der Waals surface area contributed by atoms with Crippen LogP contribution in [0.25, 0.3) is 10.8 Å². The number of rotatable bonds is 17. The largest absolute Gasteiger partial charge is 2.00 e. The molecule has 0 aromatic heterocycles. The van der Waals surface area contributed by atoms with Crippen LogP contribution in [0.3, 0.4) is 0 Å². The topological polar surface area (TPSA) is 87.2 Å². The Kier molecular flexibility index (Phi) is 19.4. The summed E-state index contributed by atoms with van der Waals surface area (Å²) < 4.78 is 35.7. The van der Waals surface area contributed by atoms with Crippen molar-refractivity contribution >= 4 is 69.8 Å². The van der Waals surface area contributed by atoms with Gasteiger partial charge in [-0.3, -0.25) is 0 Å². The van der Waals surface area contributed by atoms with Crippen LogP contribution in [0.4, 0.5) is 0 Å². The zero-order valence-corrected chi connectivity index (χ0v) is 26.7. The minimum absolute atomic E-state index is 0. The molecule has 0 aliphatic carbocycles. The van der Waals surface area contributed by atoms with Gasteiger partial charge >= 0.3 is 48.9 Å². The molecule has 2 aromatic rings. The van der Waals surface area contributed by atoms with E-state index in [1.54, 1.807) is 0 Å². The summed E-state index contributed by atoms with van der Waals surface area (Å²) in [6, 6.07) is 9.25. The van der Waals surface area contributed by atoms with Crippen LogP contribution < -0.4 is 0 Å². The van der Waals surface area contributed by atoms with Crippen molar-refractivity contribution in [3.63, 3.8) is 0 Å². The standard InChI is InChI=1S/C28H44O3S.Ba.H2O/c1-3-5-7-9-11-13-15-18-24-20-17-21-26-27(32(29,30)31)23-22-25(28(24)26)19-16-14-12-10-8-6-4-2;;/h17,20-23H,3-16,18-19H2,1-2H3,(H,29,30,31);;1H2/q;+2;/p-2. The third-order valence-corrected chi connectivity index (χ3v) is 7.44. The maximum absolute atomic E-state index is 11.9. The van der Waals surface area contributed by atoms with Gasteiger partial charge < -0.3 is 10.0 Å². The smallest absolute Gasteiger partial charge is 0.870 e. The van der Waals surface area contributed by atoms with Gasteiger partial charge in [-0.05, 0) is 53.6 Å². The van der Waals surface area contributed by atoms with E-state index < -0.39 is 10.1 Å². The number of hydrogen-bond acceptors (Lipinski definition) is 4. The van der Waals surface area contributed by atoms with Gasteiger partial charge in [0.1, 0.15) is 10.1 Å². The summed E-state index contributed by atoms with van der Waals surface area (Å²) in [6.07, 6.45) is 19.4. The van der Waals surface area contributed by atoms with Crippen molar-refractivity contribution in [2.45, 2.75) is 121 Å². The Bertz CT molecular complexity index is 888. The Morgan fingerprint density at radius 3 is 1.56 bits per heavy atom. The molecule has 2 aromatic carbocycles. The molecule has 0 unspecified atom stereocenters. The molecule has 2 rings (SSSR count). The summed E-state index contributed by atoms with van der Waals surface area (Å²) in [5.41, 5.74) is 2.39. The summed E-state index contributed by atoms with van der Waals surface area (Å²) in [5, 5.41) is 1.63. The molecular weight excluding hydrogens is 570 g/mol. The molecule has 0 bridgehead atoms. The van der Waals surface area contributed by atoms with E-state index in [0.29, 0.717) is 5.39 Å². The van der Waals surface area contributed by atoms with E-state index in [4.69, 9.17) is 0 Å². The predicted octanol–water partition coefficient (Wildman–Crippen LogP) is 7.77. The average molecular weight is 614 g/mol. The van der Waals surface area contributed by atoms with Crippen LogP contribution in [0.1, 0.15) is 115 Å². The maximum Gasteiger partial charge on any atom is 2.00 e. The summed E-state index contributed by atoms with van der Waals surface area (Å²) >= 11 is 0. The number of hydrogen-bond donors (Lipinski definition) is 0. The van der Waals surface area contributed by atoms with Gasteiger partial charge in [0.05, 0.1) is 4.90 Å². The maximum atomic E-state index is 11.9. The van der Waals surface area contributed by atoms with Crippen LogP contribution in [0.5, 0.6) is 0 Å². The van der Waals surface area contributed by atoms with Gasteiger partial charge in [0.25, 0.3) is 0 Å². The van der Waals surface area contributed by atoms with Crippen molar-refractivity contribution in [2.75, 3.05) is 0 Å². The van der Waals surface area contributed by atoms with E-state index in [1.807, 2.05) is 18.2 Å². The normalized spacial score (nSPS) is 11.3. The van der Waals surface area contributed by atoms with E-state index in [0.717, 1.165) is 31.1 Å². The summed E-state index contributed by atoms with van der Waals surface area (Å²) in [7, 11) is -4.49. The van der Waals surface area contributed by atoms with E-state index in [9.17, 15) is 13.0 Å². The van der Waals surface area contributed by atoms with Gasteiger partial charge in [-0.1, -0.05) is 115 Å². The molecule has 0 saturated heterocycles. The molecule has 188 valence electrons. The molecule has 0 heterocycles. The molecule has 0 aliphatic rings.